The zero-order valence-corrected chi connectivity index (χ0v) is 17.7. The molecule has 1 radical (unpaired) electrons. The van der Waals surface area contributed by atoms with Crippen LogP contribution in [0.2, 0.25) is 0 Å². The van der Waals surface area contributed by atoms with Crippen LogP contribution in [0.1, 0.15) is 32.6 Å². The molecule has 0 atom stereocenters. The van der Waals surface area contributed by atoms with Gasteiger partial charge in [-0.1, -0.05) is 166 Å². The van der Waals surface area contributed by atoms with Gasteiger partial charge in [0.2, 0.25) is 0 Å². The highest BCUT2D eigenvalue weighted by Gasteiger charge is 1.79. The van der Waals surface area contributed by atoms with E-state index in [4.69, 9.17) is 6.58 Å². The maximum atomic E-state index is 5.22. The van der Waals surface area contributed by atoms with Crippen LogP contribution in [0.5, 0.6) is 0 Å². The molecule has 0 spiro atoms. The molecule has 0 fully saturated rings. The van der Waals surface area contributed by atoms with Crippen molar-refractivity contribution in [2.75, 3.05) is 0 Å². The Labute approximate surface area is 179 Å². The predicted octanol–water partition coefficient (Wildman–Crippen LogP) is 8.67. The Balaban J connectivity index is 3.88. The van der Waals surface area contributed by atoms with Crippen molar-refractivity contribution in [3.8, 4) is 0 Å². The van der Waals surface area contributed by atoms with Crippen molar-refractivity contribution in [1.29, 1.82) is 0 Å². The van der Waals surface area contributed by atoms with E-state index in [0.29, 0.717) is 0 Å². The summed E-state index contributed by atoms with van der Waals surface area (Å²) in [6.45, 7) is 7.45. The molecular weight excluding hydrogens is 348 g/mol. The third kappa shape index (κ3) is 24.9. The Kier molecular flexibility index (Phi) is 22.2. The lowest BCUT2D eigenvalue weighted by Gasteiger charge is -1.89. The van der Waals surface area contributed by atoms with Gasteiger partial charge >= 0.3 is 0 Å². The molecule has 29 heavy (non-hydrogen) atoms. The van der Waals surface area contributed by atoms with Gasteiger partial charge in [-0.05, 0) is 12.8 Å². The van der Waals surface area contributed by atoms with Crippen molar-refractivity contribution in [3.05, 3.63) is 146 Å². The van der Waals surface area contributed by atoms with E-state index in [2.05, 4.69) is 25.2 Å². The highest BCUT2D eigenvalue weighted by atomic mass is 13.9. The van der Waals surface area contributed by atoms with Gasteiger partial charge in [0.25, 0.3) is 0 Å². The molecule has 0 aromatic rings. The van der Waals surface area contributed by atoms with E-state index in [1.54, 1.807) is 6.08 Å². The molecular formula is C29H35. The standard InChI is InChI=1S/C29H35/c1-3-5-7-9-11-13-15-17-19-21-23-25-27-29-28-26-24-22-20-18-16-14-12-10-8-6-4-2/h1,3,5,7,9,11-29H,4,6,8,10H2,2H3. The zero-order valence-electron chi connectivity index (χ0n) is 17.7. The third-order valence-electron chi connectivity index (χ3n) is 3.44. The molecule has 0 saturated carbocycles. The Morgan fingerprint density at radius 3 is 1.03 bits per heavy atom. The highest BCUT2D eigenvalue weighted by molar-refractivity contribution is 5.23. The highest BCUT2D eigenvalue weighted by Crippen LogP contribution is 1.99. The Morgan fingerprint density at radius 2 is 0.724 bits per heavy atom. The number of rotatable bonds is 15. The minimum atomic E-state index is 1.17. The fraction of sp³-hybridized carbons (Fsp3) is 0.172. The fourth-order valence-corrected chi connectivity index (χ4v) is 1.97. The molecule has 151 valence electrons. The van der Waals surface area contributed by atoms with Gasteiger partial charge in [-0.2, -0.15) is 0 Å². The summed E-state index contributed by atoms with van der Waals surface area (Å²) in [6, 6.07) is 0. The average Bonchev–Trinajstić information content (AvgIpc) is 2.74. The van der Waals surface area contributed by atoms with E-state index in [1.807, 2.05) is 109 Å². The lowest BCUT2D eigenvalue weighted by Crippen LogP contribution is -1.69. The average molecular weight is 384 g/mol. The smallest absolute Gasteiger partial charge is 0.0348 e. The maximum Gasteiger partial charge on any atom is -0.0348 e. The first kappa shape index (κ1) is 25.9. The molecule has 0 unspecified atom stereocenters. The predicted molar refractivity (Wildman–Crippen MR) is 134 cm³/mol. The van der Waals surface area contributed by atoms with Crippen LogP contribution in [-0.2, 0) is 0 Å². The van der Waals surface area contributed by atoms with Gasteiger partial charge in [0, 0.05) is 0 Å². The van der Waals surface area contributed by atoms with Crippen molar-refractivity contribution < 1.29 is 0 Å². The Morgan fingerprint density at radius 1 is 0.414 bits per heavy atom. The van der Waals surface area contributed by atoms with Gasteiger partial charge in [0.15, 0.2) is 0 Å². The Bertz CT molecular complexity index is 692. The van der Waals surface area contributed by atoms with Crippen molar-refractivity contribution in [2.24, 2.45) is 0 Å². The minimum Gasteiger partial charge on any atom is -0.0845 e. The number of hydrogen-bond acceptors (Lipinski definition) is 0. The molecule has 0 aromatic carbocycles. The number of unbranched alkanes of at least 4 members (excludes halogenated alkanes) is 3. The summed E-state index contributed by atoms with van der Waals surface area (Å²) < 4.78 is 0. The molecule has 0 N–H and O–H groups in total. The minimum absolute atomic E-state index is 1.17. The van der Waals surface area contributed by atoms with Gasteiger partial charge in [-0.3, -0.25) is 0 Å². The molecule has 0 saturated heterocycles. The topological polar surface area (TPSA) is 0 Å². The summed E-state index contributed by atoms with van der Waals surface area (Å²) in [5.41, 5.74) is 0. The molecule has 0 aromatic heterocycles. The summed E-state index contributed by atoms with van der Waals surface area (Å²) in [5.74, 6) is 0. The normalized spacial score (nSPS) is 14.2. The first-order valence-corrected chi connectivity index (χ1v) is 10.3. The van der Waals surface area contributed by atoms with E-state index in [9.17, 15) is 0 Å². The second kappa shape index (κ2) is 24.9. The first-order chi connectivity index (χ1) is 14.4. The molecule has 0 nitrogen and oxygen atoms in total. The largest absolute Gasteiger partial charge is 0.0845 e. The maximum absolute atomic E-state index is 5.22. The van der Waals surface area contributed by atoms with E-state index < -0.39 is 0 Å². The third-order valence-corrected chi connectivity index (χ3v) is 3.44. The van der Waals surface area contributed by atoms with Crippen molar-refractivity contribution in [3.63, 3.8) is 0 Å². The van der Waals surface area contributed by atoms with Crippen molar-refractivity contribution >= 4 is 0 Å². The van der Waals surface area contributed by atoms with Gasteiger partial charge < -0.3 is 0 Å². The quantitative estimate of drug-likeness (QED) is 0.196. The lowest BCUT2D eigenvalue weighted by atomic mass is 10.2. The summed E-state index contributed by atoms with van der Waals surface area (Å²) in [5, 5.41) is 0. The number of allylic oxidation sites excluding steroid dienone is 23. The lowest BCUT2D eigenvalue weighted by molar-refractivity contribution is 0.729. The molecule has 0 bridgehead atoms. The van der Waals surface area contributed by atoms with Crippen molar-refractivity contribution in [1.82, 2.24) is 0 Å². The second-order valence-corrected chi connectivity index (χ2v) is 5.97. The summed E-state index contributed by atoms with van der Waals surface area (Å²) in [7, 11) is 0. The molecule has 0 rings (SSSR count). The Hall–Kier alpha value is -3.12. The summed E-state index contributed by atoms with van der Waals surface area (Å²) >= 11 is 0. The van der Waals surface area contributed by atoms with Crippen LogP contribution in [0.25, 0.3) is 0 Å². The fourth-order valence-electron chi connectivity index (χ4n) is 1.97. The molecule has 0 amide bonds. The van der Waals surface area contributed by atoms with E-state index in [-0.39, 0.29) is 0 Å². The van der Waals surface area contributed by atoms with Crippen LogP contribution in [0, 0.1) is 6.58 Å². The van der Waals surface area contributed by atoms with Gasteiger partial charge in [-0.15, -0.1) is 0 Å². The van der Waals surface area contributed by atoms with E-state index >= 15 is 0 Å². The van der Waals surface area contributed by atoms with Crippen LogP contribution in [0.4, 0.5) is 0 Å². The van der Waals surface area contributed by atoms with Crippen LogP contribution in [-0.4, -0.2) is 0 Å². The van der Waals surface area contributed by atoms with E-state index in [1.165, 1.54) is 31.8 Å². The van der Waals surface area contributed by atoms with Crippen LogP contribution in [0.15, 0.2) is 140 Å². The van der Waals surface area contributed by atoms with Gasteiger partial charge in [0.05, 0.1) is 0 Å². The van der Waals surface area contributed by atoms with Gasteiger partial charge in [-0.25, -0.2) is 0 Å². The monoisotopic (exact) mass is 383 g/mol. The first-order valence-electron chi connectivity index (χ1n) is 10.3. The summed E-state index contributed by atoms with van der Waals surface area (Å²) in [4.78, 5) is 0. The molecule has 0 aliphatic carbocycles. The number of hydrogen-bond donors (Lipinski definition) is 0. The van der Waals surface area contributed by atoms with E-state index in [0.717, 1.165) is 0 Å². The second-order valence-electron chi connectivity index (χ2n) is 5.97. The molecule has 0 heteroatoms. The van der Waals surface area contributed by atoms with Gasteiger partial charge in [0.1, 0.15) is 0 Å². The van der Waals surface area contributed by atoms with Crippen LogP contribution >= 0.6 is 0 Å². The molecule has 0 aliphatic rings. The summed E-state index contributed by atoms with van der Waals surface area (Å²) in [6.07, 6.45) is 50.5. The molecule has 0 aliphatic heterocycles. The zero-order chi connectivity index (χ0) is 21.1. The molecule has 0 heterocycles. The SMILES string of the molecule is [CH]=CC=CC=CC=CC=CC=CC=CC=CC=CC=CC=CC=CCCCCC. The van der Waals surface area contributed by atoms with Crippen LogP contribution in [0.3, 0.4) is 0 Å². The van der Waals surface area contributed by atoms with Crippen LogP contribution < -0.4 is 0 Å². The van der Waals surface area contributed by atoms with Crippen molar-refractivity contribution in [2.45, 2.75) is 32.6 Å².